The second kappa shape index (κ2) is 11.1. The Morgan fingerprint density at radius 2 is 1.88 bits per heavy atom. The number of hydrogen-bond donors (Lipinski definition) is 3. The molecule has 0 heterocycles. The van der Waals surface area contributed by atoms with E-state index in [1.807, 2.05) is 30.3 Å². The largest absolute Gasteiger partial charge is 0.356 e. The summed E-state index contributed by atoms with van der Waals surface area (Å²) in [6.45, 7) is 3.75. The molecule has 8 heteroatoms. The summed E-state index contributed by atoms with van der Waals surface area (Å²) in [4.78, 5) is 4.18. The molecule has 0 radical (unpaired) electrons. The second-order valence-electron chi connectivity index (χ2n) is 6.69. The van der Waals surface area contributed by atoms with Gasteiger partial charge in [-0.05, 0) is 30.2 Å². The average Bonchev–Trinajstić information content (AvgIpc) is 2.59. The summed E-state index contributed by atoms with van der Waals surface area (Å²) in [6, 6.07) is 9.50. The van der Waals surface area contributed by atoms with E-state index in [4.69, 9.17) is 0 Å². The lowest BCUT2D eigenvalue weighted by Crippen LogP contribution is -2.47. The number of guanidine groups is 1. The van der Waals surface area contributed by atoms with Gasteiger partial charge in [0.1, 0.15) is 0 Å². The number of nitrogens with one attached hydrogen (secondary N) is 3. The van der Waals surface area contributed by atoms with Crippen LogP contribution in [0.15, 0.2) is 35.3 Å². The van der Waals surface area contributed by atoms with Crippen molar-refractivity contribution in [2.75, 3.05) is 25.9 Å². The zero-order valence-corrected chi connectivity index (χ0v) is 18.8. The Hall–Kier alpha value is -0.870. The molecular formula is C18H31IN4O2S. The molecule has 1 aromatic rings. The van der Waals surface area contributed by atoms with Crippen molar-refractivity contribution in [2.24, 2.45) is 10.4 Å². The summed E-state index contributed by atoms with van der Waals surface area (Å²) < 4.78 is 26.8. The first-order chi connectivity index (χ1) is 12.0. The first kappa shape index (κ1) is 23.2. The predicted molar refractivity (Wildman–Crippen MR) is 118 cm³/mol. The molecule has 1 aromatic carbocycles. The van der Waals surface area contributed by atoms with Gasteiger partial charge in [0, 0.05) is 26.7 Å². The van der Waals surface area contributed by atoms with Crippen molar-refractivity contribution in [3.05, 3.63) is 35.9 Å². The van der Waals surface area contributed by atoms with Gasteiger partial charge in [-0.3, -0.25) is 4.99 Å². The smallest absolute Gasteiger partial charge is 0.213 e. The highest BCUT2D eigenvalue weighted by atomic mass is 127. The number of benzene rings is 1. The Bertz CT molecular complexity index is 656. The molecule has 0 aromatic heterocycles. The molecule has 26 heavy (non-hydrogen) atoms. The maximum absolute atomic E-state index is 12.1. The highest BCUT2D eigenvalue weighted by Crippen LogP contribution is 2.42. The number of nitrogens with zero attached hydrogens (tertiary/aromatic N) is 1. The van der Waals surface area contributed by atoms with E-state index in [0.29, 0.717) is 24.5 Å². The van der Waals surface area contributed by atoms with Crippen molar-refractivity contribution in [3.8, 4) is 0 Å². The molecule has 0 bridgehead atoms. The zero-order chi connectivity index (χ0) is 18.2. The quantitative estimate of drug-likeness (QED) is 0.280. The molecular weight excluding hydrogens is 463 g/mol. The van der Waals surface area contributed by atoms with Gasteiger partial charge in [0.2, 0.25) is 10.0 Å². The van der Waals surface area contributed by atoms with E-state index in [-0.39, 0.29) is 29.7 Å². The lowest BCUT2D eigenvalue weighted by molar-refractivity contribution is 0.131. The molecule has 0 spiro atoms. The van der Waals surface area contributed by atoms with E-state index in [0.717, 1.165) is 18.5 Å². The monoisotopic (exact) mass is 494 g/mol. The molecule has 1 aliphatic rings. The molecule has 0 saturated heterocycles. The van der Waals surface area contributed by atoms with Crippen LogP contribution in [0.2, 0.25) is 0 Å². The molecule has 0 aliphatic heterocycles. The molecule has 0 amide bonds. The summed E-state index contributed by atoms with van der Waals surface area (Å²) >= 11 is 0. The van der Waals surface area contributed by atoms with Crippen LogP contribution in [-0.4, -0.2) is 40.3 Å². The van der Waals surface area contributed by atoms with Gasteiger partial charge in [0.25, 0.3) is 0 Å². The SMILES string of the molecule is CCC1(CNC(=NC)NCCS(=O)(=O)NCc2ccccc2)CCC1.I. The van der Waals surface area contributed by atoms with Crippen molar-refractivity contribution >= 4 is 40.0 Å². The Morgan fingerprint density at radius 3 is 2.42 bits per heavy atom. The summed E-state index contributed by atoms with van der Waals surface area (Å²) in [5.41, 5.74) is 1.34. The molecule has 0 unspecified atom stereocenters. The van der Waals surface area contributed by atoms with Crippen LogP contribution >= 0.6 is 24.0 Å². The van der Waals surface area contributed by atoms with Crippen LogP contribution in [0.5, 0.6) is 0 Å². The fourth-order valence-corrected chi connectivity index (χ4v) is 3.89. The highest BCUT2D eigenvalue weighted by Gasteiger charge is 2.34. The van der Waals surface area contributed by atoms with Crippen LogP contribution in [0.4, 0.5) is 0 Å². The van der Waals surface area contributed by atoms with Crippen LogP contribution in [0.1, 0.15) is 38.2 Å². The number of rotatable bonds is 9. The lowest BCUT2D eigenvalue weighted by Gasteiger charge is -2.41. The summed E-state index contributed by atoms with van der Waals surface area (Å²) in [7, 11) is -1.62. The second-order valence-corrected chi connectivity index (χ2v) is 8.61. The molecule has 6 nitrogen and oxygen atoms in total. The Labute approximate surface area is 174 Å². The third kappa shape index (κ3) is 7.40. The number of sulfonamides is 1. The molecule has 148 valence electrons. The van der Waals surface area contributed by atoms with E-state index in [9.17, 15) is 8.42 Å². The normalized spacial score (nSPS) is 16.3. The minimum atomic E-state index is -3.32. The fraction of sp³-hybridized carbons (Fsp3) is 0.611. The van der Waals surface area contributed by atoms with Gasteiger partial charge in [0.15, 0.2) is 5.96 Å². The highest BCUT2D eigenvalue weighted by molar-refractivity contribution is 14.0. The van der Waals surface area contributed by atoms with Crippen LogP contribution in [0, 0.1) is 5.41 Å². The number of aliphatic imine (C=N–C) groups is 1. The third-order valence-corrected chi connectivity index (χ3v) is 6.35. The standard InChI is InChI=1S/C18H30N4O2S.HI/c1-3-18(10-7-11-18)15-21-17(19-2)20-12-13-25(23,24)22-14-16-8-5-4-6-9-16;/h4-6,8-9,22H,3,7,10-15H2,1-2H3,(H2,19,20,21);1H. The van der Waals surface area contributed by atoms with Gasteiger partial charge in [-0.15, -0.1) is 24.0 Å². The van der Waals surface area contributed by atoms with Crippen LogP contribution < -0.4 is 15.4 Å². The van der Waals surface area contributed by atoms with E-state index in [1.54, 1.807) is 7.05 Å². The van der Waals surface area contributed by atoms with Gasteiger partial charge >= 0.3 is 0 Å². The average molecular weight is 494 g/mol. The molecule has 3 N–H and O–H groups in total. The maximum Gasteiger partial charge on any atom is 0.213 e. The van der Waals surface area contributed by atoms with Crippen molar-refractivity contribution in [1.82, 2.24) is 15.4 Å². The van der Waals surface area contributed by atoms with Gasteiger partial charge in [0.05, 0.1) is 5.75 Å². The van der Waals surface area contributed by atoms with Crippen LogP contribution in [0.25, 0.3) is 0 Å². The topological polar surface area (TPSA) is 82.6 Å². The van der Waals surface area contributed by atoms with E-state index < -0.39 is 10.0 Å². The zero-order valence-electron chi connectivity index (χ0n) is 15.6. The Balaban J connectivity index is 0.00000338. The molecule has 0 atom stereocenters. The van der Waals surface area contributed by atoms with Crippen LogP contribution in [0.3, 0.4) is 0 Å². The molecule has 2 rings (SSSR count). The van der Waals surface area contributed by atoms with E-state index in [2.05, 4.69) is 27.3 Å². The van der Waals surface area contributed by atoms with Crippen LogP contribution in [-0.2, 0) is 16.6 Å². The first-order valence-electron chi connectivity index (χ1n) is 8.94. The molecule has 1 aliphatic carbocycles. The third-order valence-electron chi connectivity index (χ3n) is 5.02. The van der Waals surface area contributed by atoms with E-state index in [1.165, 1.54) is 19.3 Å². The summed E-state index contributed by atoms with van der Waals surface area (Å²) in [5.74, 6) is 0.678. The molecule has 1 fully saturated rings. The predicted octanol–water partition coefficient (Wildman–Crippen LogP) is 2.47. The Kier molecular flexibility index (Phi) is 9.88. The summed E-state index contributed by atoms with van der Waals surface area (Å²) in [5, 5.41) is 6.42. The molecule has 1 saturated carbocycles. The first-order valence-corrected chi connectivity index (χ1v) is 10.6. The van der Waals surface area contributed by atoms with Crippen molar-refractivity contribution in [3.63, 3.8) is 0 Å². The van der Waals surface area contributed by atoms with Gasteiger partial charge in [-0.25, -0.2) is 13.1 Å². The minimum absolute atomic E-state index is 0. The van der Waals surface area contributed by atoms with Crippen molar-refractivity contribution < 1.29 is 8.42 Å². The maximum atomic E-state index is 12.1. The van der Waals surface area contributed by atoms with Gasteiger partial charge in [-0.1, -0.05) is 43.7 Å². The lowest BCUT2D eigenvalue weighted by atomic mass is 9.67. The Morgan fingerprint density at radius 1 is 1.19 bits per heavy atom. The van der Waals surface area contributed by atoms with Crippen molar-refractivity contribution in [2.45, 2.75) is 39.2 Å². The number of hydrogen-bond acceptors (Lipinski definition) is 3. The van der Waals surface area contributed by atoms with Gasteiger partial charge in [-0.2, -0.15) is 0 Å². The number of halogens is 1. The van der Waals surface area contributed by atoms with E-state index >= 15 is 0 Å². The minimum Gasteiger partial charge on any atom is -0.356 e. The van der Waals surface area contributed by atoms with Gasteiger partial charge < -0.3 is 10.6 Å². The van der Waals surface area contributed by atoms with Crippen molar-refractivity contribution in [1.29, 1.82) is 0 Å². The fourth-order valence-electron chi connectivity index (χ4n) is 2.99. The summed E-state index contributed by atoms with van der Waals surface area (Å²) in [6.07, 6.45) is 4.97.